The van der Waals surface area contributed by atoms with Crippen molar-refractivity contribution >= 4 is 23.5 Å². The summed E-state index contributed by atoms with van der Waals surface area (Å²) in [7, 11) is 0. The number of hydrogen-bond acceptors (Lipinski definition) is 3. The van der Waals surface area contributed by atoms with Gasteiger partial charge >= 0.3 is 17.8 Å². The van der Waals surface area contributed by atoms with Gasteiger partial charge < -0.3 is 15.1 Å². The monoisotopic (exact) mass is 307 g/mol. The Balaban J connectivity index is 3.13. The third-order valence-electron chi connectivity index (χ3n) is 3.35. The van der Waals surface area contributed by atoms with Crippen LogP contribution in [0.1, 0.15) is 33.3 Å². The molecule has 0 bridgehead atoms. The SMILES string of the molecule is CC(CN(C(=O)C(=O)O)c1ccc(C(C)(C)C)cc1)C(=O)O. The van der Waals surface area contributed by atoms with Crippen molar-refractivity contribution in [3.05, 3.63) is 29.8 Å². The van der Waals surface area contributed by atoms with E-state index in [-0.39, 0.29) is 12.0 Å². The van der Waals surface area contributed by atoms with E-state index in [1.807, 2.05) is 32.9 Å². The summed E-state index contributed by atoms with van der Waals surface area (Å²) in [6.07, 6.45) is 0. The molecule has 120 valence electrons. The van der Waals surface area contributed by atoms with Gasteiger partial charge in [0.05, 0.1) is 5.92 Å². The number of anilines is 1. The Labute approximate surface area is 129 Å². The standard InChI is InChI=1S/C16H21NO5/c1-10(14(19)20)9-17(13(18)15(21)22)12-7-5-11(6-8-12)16(2,3)4/h5-8,10H,9H2,1-4H3,(H,19,20)(H,21,22). The van der Waals surface area contributed by atoms with Crippen molar-refractivity contribution in [1.82, 2.24) is 0 Å². The van der Waals surface area contributed by atoms with E-state index in [9.17, 15) is 14.4 Å². The molecular formula is C16H21NO5. The molecule has 0 saturated carbocycles. The third-order valence-corrected chi connectivity index (χ3v) is 3.35. The molecule has 0 radical (unpaired) electrons. The number of carbonyl (C=O) groups excluding carboxylic acids is 1. The van der Waals surface area contributed by atoms with Gasteiger partial charge in [0.1, 0.15) is 0 Å². The van der Waals surface area contributed by atoms with Crippen molar-refractivity contribution in [3.8, 4) is 0 Å². The molecule has 1 aromatic carbocycles. The van der Waals surface area contributed by atoms with Gasteiger partial charge in [-0.2, -0.15) is 0 Å². The Morgan fingerprint density at radius 1 is 1.09 bits per heavy atom. The summed E-state index contributed by atoms with van der Waals surface area (Å²) in [5.41, 5.74) is 1.33. The number of nitrogens with zero attached hydrogens (tertiary/aromatic N) is 1. The minimum atomic E-state index is -1.61. The molecule has 0 heterocycles. The summed E-state index contributed by atoms with van der Waals surface area (Å²) >= 11 is 0. The Bertz CT molecular complexity index is 571. The number of carbonyl (C=O) groups is 3. The van der Waals surface area contributed by atoms with Gasteiger partial charge in [0, 0.05) is 12.2 Å². The van der Waals surface area contributed by atoms with Crippen molar-refractivity contribution in [1.29, 1.82) is 0 Å². The molecule has 0 spiro atoms. The van der Waals surface area contributed by atoms with Gasteiger partial charge in [-0.05, 0) is 23.1 Å². The lowest BCUT2D eigenvalue weighted by atomic mass is 9.87. The lowest BCUT2D eigenvalue weighted by Gasteiger charge is -2.24. The van der Waals surface area contributed by atoms with E-state index in [1.165, 1.54) is 6.92 Å². The molecular weight excluding hydrogens is 286 g/mol. The maximum atomic E-state index is 11.8. The second-order valence-electron chi connectivity index (χ2n) is 6.26. The normalized spacial score (nSPS) is 12.5. The first-order chi connectivity index (χ1) is 10.0. The van der Waals surface area contributed by atoms with Gasteiger partial charge in [-0.1, -0.05) is 39.8 Å². The van der Waals surface area contributed by atoms with Gasteiger partial charge in [-0.25, -0.2) is 4.79 Å². The van der Waals surface area contributed by atoms with Crippen LogP contribution in [0.15, 0.2) is 24.3 Å². The van der Waals surface area contributed by atoms with Crippen LogP contribution in [0.5, 0.6) is 0 Å². The first-order valence-corrected chi connectivity index (χ1v) is 6.92. The first kappa shape index (κ1) is 17.7. The summed E-state index contributed by atoms with van der Waals surface area (Å²) in [6, 6.07) is 6.89. The van der Waals surface area contributed by atoms with Gasteiger partial charge in [-0.3, -0.25) is 9.59 Å². The van der Waals surface area contributed by atoms with Crippen LogP contribution in [0.25, 0.3) is 0 Å². The second kappa shape index (κ2) is 6.60. The summed E-state index contributed by atoms with van der Waals surface area (Å²) in [6.45, 7) is 7.33. The van der Waals surface area contributed by atoms with Crippen LogP contribution in [0, 0.1) is 5.92 Å². The summed E-state index contributed by atoms with van der Waals surface area (Å²) in [5.74, 6) is -4.71. The molecule has 22 heavy (non-hydrogen) atoms. The molecule has 0 aromatic heterocycles. The van der Waals surface area contributed by atoms with Gasteiger partial charge in [0.25, 0.3) is 0 Å². The van der Waals surface area contributed by atoms with Crippen LogP contribution in [0.3, 0.4) is 0 Å². The topological polar surface area (TPSA) is 94.9 Å². The molecule has 0 fully saturated rings. The van der Waals surface area contributed by atoms with E-state index in [0.29, 0.717) is 5.69 Å². The van der Waals surface area contributed by atoms with Gasteiger partial charge in [0.2, 0.25) is 0 Å². The zero-order valence-corrected chi connectivity index (χ0v) is 13.2. The Hall–Kier alpha value is -2.37. The van der Waals surface area contributed by atoms with Crippen LogP contribution < -0.4 is 4.90 Å². The molecule has 1 amide bonds. The molecule has 1 aromatic rings. The molecule has 6 nitrogen and oxygen atoms in total. The average molecular weight is 307 g/mol. The Morgan fingerprint density at radius 2 is 1.59 bits per heavy atom. The third kappa shape index (κ3) is 4.31. The molecule has 0 saturated heterocycles. The zero-order valence-electron chi connectivity index (χ0n) is 13.2. The Morgan fingerprint density at radius 3 is 1.95 bits per heavy atom. The molecule has 1 rings (SSSR count). The van der Waals surface area contributed by atoms with Crippen molar-refractivity contribution in [2.75, 3.05) is 11.4 Å². The lowest BCUT2D eigenvalue weighted by molar-refractivity contribution is -0.149. The second-order valence-corrected chi connectivity index (χ2v) is 6.26. The van der Waals surface area contributed by atoms with Crippen LogP contribution in [-0.2, 0) is 19.8 Å². The van der Waals surface area contributed by atoms with E-state index in [1.54, 1.807) is 12.1 Å². The highest BCUT2D eigenvalue weighted by atomic mass is 16.4. The highest BCUT2D eigenvalue weighted by Gasteiger charge is 2.27. The van der Waals surface area contributed by atoms with Crippen molar-refractivity contribution < 1.29 is 24.6 Å². The van der Waals surface area contributed by atoms with Gasteiger partial charge in [-0.15, -0.1) is 0 Å². The molecule has 6 heteroatoms. The first-order valence-electron chi connectivity index (χ1n) is 6.92. The molecule has 0 aliphatic rings. The number of aliphatic carboxylic acids is 2. The predicted octanol–water partition coefficient (Wildman–Crippen LogP) is 2.12. The van der Waals surface area contributed by atoms with Crippen LogP contribution in [0.2, 0.25) is 0 Å². The fourth-order valence-electron chi connectivity index (χ4n) is 1.91. The molecule has 0 aliphatic heterocycles. The van der Waals surface area contributed by atoms with Crippen molar-refractivity contribution in [3.63, 3.8) is 0 Å². The minimum absolute atomic E-state index is 0.0749. The maximum Gasteiger partial charge on any atom is 0.394 e. The number of hydrogen-bond donors (Lipinski definition) is 2. The van der Waals surface area contributed by atoms with Crippen LogP contribution in [0.4, 0.5) is 5.69 Å². The van der Waals surface area contributed by atoms with Crippen molar-refractivity contribution in [2.45, 2.75) is 33.1 Å². The van der Waals surface area contributed by atoms with Crippen LogP contribution in [-0.4, -0.2) is 34.6 Å². The number of benzene rings is 1. The molecule has 0 aliphatic carbocycles. The lowest BCUT2D eigenvalue weighted by Crippen LogP contribution is -2.41. The van der Waals surface area contributed by atoms with Crippen molar-refractivity contribution in [2.24, 2.45) is 5.92 Å². The molecule has 2 N–H and O–H groups in total. The summed E-state index contributed by atoms with van der Waals surface area (Å²) < 4.78 is 0. The number of amides is 1. The minimum Gasteiger partial charge on any atom is -0.481 e. The highest BCUT2D eigenvalue weighted by Crippen LogP contribution is 2.25. The van der Waals surface area contributed by atoms with E-state index >= 15 is 0 Å². The van der Waals surface area contributed by atoms with E-state index in [2.05, 4.69) is 0 Å². The number of carboxylic acid groups (broad SMARTS) is 2. The summed E-state index contributed by atoms with van der Waals surface area (Å²) in [5, 5.41) is 17.9. The quantitative estimate of drug-likeness (QED) is 0.831. The van der Waals surface area contributed by atoms with E-state index < -0.39 is 23.8 Å². The zero-order chi connectivity index (χ0) is 17.1. The molecule has 1 unspecified atom stereocenters. The largest absolute Gasteiger partial charge is 0.481 e. The molecule has 1 atom stereocenters. The number of carboxylic acids is 2. The Kier molecular flexibility index (Phi) is 5.30. The number of rotatable bonds is 4. The average Bonchev–Trinajstić information content (AvgIpc) is 2.42. The van der Waals surface area contributed by atoms with Gasteiger partial charge in [0.15, 0.2) is 0 Å². The highest BCUT2D eigenvalue weighted by molar-refractivity contribution is 6.37. The van der Waals surface area contributed by atoms with E-state index in [4.69, 9.17) is 10.2 Å². The fraction of sp³-hybridized carbons (Fsp3) is 0.438. The predicted molar refractivity (Wildman–Crippen MR) is 81.9 cm³/mol. The van der Waals surface area contributed by atoms with Crippen LogP contribution >= 0.6 is 0 Å². The smallest absolute Gasteiger partial charge is 0.394 e. The van der Waals surface area contributed by atoms with E-state index in [0.717, 1.165) is 10.5 Å². The fourth-order valence-corrected chi connectivity index (χ4v) is 1.91. The summed E-state index contributed by atoms with van der Waals surface area (Å²) in [4.78, 5) is 34.7. The maximum absolute atomic E-state index is 11.8.